The maximum Gasteiger partial charge on any atom is 0.330 e. The Kier molecular flexibility index (Phi) is 18.2. The van der Waals surface area contributed by atoms with Gasteiger partial charge in [-0.15, -0.1) is 5.10 Å². The molecule has 0 fully saturated rings. The Labute approximate surface area is 320 Å². The maximum atomic E-state index is 11.4. The molecule has 2 heterocycles. The predicted octanol–water partition coefficient (Wildman–Crippen LogP) is 7.64. The van der Waals surface area contributed by atoms with E-state index in [1.165, 1.54) is 38.2 Å². The lowest BCUT2D eigenvalue weighted by molar-refractivity contribution is -0.145. The summed E-state index contributed by atoms with van der Waals surface area (Å²) in [6.07, 6.45) is 20.7. The van der Waals surface area contributed by atoms with E-state index in [-0.39, 0.29) is 18.2 Å². The number of aromatic nitrogens is 3. The molecular formula is C42H59N3O9. The van der Waals surface area contributed by atoms with Crippen molar-refractivity contribution in [1.82, 2.24) is 15.0 Å². The quantitative estimate of drug-likeness (QED) is 0.0493. The van der Waals surface area contributed by atoms with E-state index in [1.54, 1.807) is 41.6 Å². The van der Waals surface area contributed by atoms with Gasteiger partial charge in [0.25, 0.3) is 0 Å². The van der Waals surface area contributed by atoms with Crippen LogP contribution in [0.2, 0.25) is 0 Å². The molecule has 0 radical (unpaired) electrons. The number of cyclic esters (lactones) is 1. The summed E-state index contributed by atoms with van der Waals surface area (Å²) in [6, 6.07) is 9.74. The van der Waals surface area contributed by atoms with Gasteiger partial charge in [0.15, 0.2) is 23.0 Å². The first-order valence-electron chi connectivity index (χ1n) is 19.1. The van der Waals surface area contributed by atoms with Gasteiger partial charge in [0, 0.05) is 38.8 Å². The number of ether oxygens (including phenoxy) is 7. The number of hydrogen-bond acceptors (Lipinski definition) is 11. The van der Waals surface area contributed by atoms with Crippen molar-refractivity contribution in [3.63, 3.8) is 0 Å². The number of hydrogen-bond donors (Lipinski definition) is 1. The van der Waals surface area contributed by atoms with Gasteiger partial charge < -0.3 is 38.3 Å². The van der Waals surface area contributed by atoms with Gasteiger partial charge in [-0.1, -0.05) is 68.0 Å². The second-order valence-corrected chi connectivity index (χ2v) is 13.6. The highest BCUT2D eigenvalue weighted by Gasteiger charge is 2.22. The van der Waals surface area contributed by atoms with Crippen LogP contribution in [-0.2, 0) is 27.2 Å². The molecule has 1 aromatic heterocycles. The second kappa shape index (κ2) is 23.3. The minimum absolute atomic E-state index is 0.118. The molecule has 3 aromatic rings. The highest BCUT2D eigenvalue weighted by Crippen LogP contribution is 2.39. The molecule has 0 aliphatic carbocycles. The van der Waals surface area contributed by atoms with Crippen molar-refractivity contribution in [1.29, 1.82) is 0 Å². The third kappa shape index (κ3) is 14.0. The number of benzene rings is 2. The molecule has 0 bridgehead atoms. The Morgan fingerprint density at radius 3 is 2.19 bits per heavy atom. The Morgan fingerprint density at radius 1 is 0.852 bits per heavy atom. The molecule has 12 heteroatoms. The second-order valence-electron chi connectivity index (χ2n) is 13.6. The fraction of sp³-hybridized carbons (Fsp3) is 0.548. The smallest absolute Gasteiger partial charge is 0.330 e. The zero-order valence-electron chi connectivity index (χ0n) is 32.7. The van der Waals surface area contributed by atoms with Crippen LogP contribution in [0.1, 0.15) is 93.9 Å². The summed E-state index contributed by atoms with van der Waals surface area (Å²) >= 11 is 0. The van der Waals surface area contributed by atoms with Gasteiger partial charge in [-0.3, -0.25) is 4.68 Å². The number of carbonyl (C=O) groups is 1. The summed E-state index contributed by atoms with van der Waals surface area (Å²) in [5, 5.41) is 19.1. The zero-order valence-corrected chi connectivity index (χ0v) is 32.7. The molecule has 0 saturated heterocycles. The molecule has 0 amide bonds. The third-order valence-corrected chi connectivity index (χ3v) is 9.53. The molecule has 1 aliphatic rings. The van der Waals surface area contributed by atoms with Crippen LogP contribution >= 0.6 is 0 Å². The monoisotopic (exact) mass is 749 g/mol. The van der Waals surface area contributed by atoms with E-state index in [2.05, 4.69) is 10.3 Å². The summed E-state index contributed by atoms with van der Waals surface area (Å²) in [5.74, 6) is 2.88. The Bertz CT molecular complexity index is 1600. The zero-order chi connectivity index (χ0) is 38.5. The fourth-order valence-corrected chi connectivity index (χ4v) is 6.54. The van der Waals surface area contributed by atoms with Crippen molar-refractivity contribution in [2.45, 2.75) is 108 Å². The number of methoxy groups -OCH3 is 5. The summed E-state index contributed by atoms with van der Waals surface area (Å²) in [4.78, 5) is 11.4. The largest absolute Gasteiger partial charge is 0.493 e. The number of aryl methyl sites for hydroxylation is 2. The van der Waals surface area contributed by atoms with E-state index < -0.39 is 6.10 Å². The van der Waals surface area contributed by atoms with Crippen LogP contribution in [0.4, 0.5) is 0 Å². The molecule has 12 nitrogen and oxygen atoms in total. The molecule has 296 valence electrons. The topological polar surface area (TPSA) is 133 Å². The van der Waals surface area contributed by atoms with Crippen LogP contribution in [0, 0.1) is 0 Å². The average Bonchev–Trinajstić information content (AvgIpc) is 3.64. The van der Waals surface area contributed by atoms with Crippen LogP contribution in [-0.4, -0.2) is 86.5 Å². The van der Waals surface area contributed by atoms with E-state index in [4.69, 9.17) is 33.2 Å². The first kappa shape index (κ1) is 42.2. The maximum absolute atomic E-state index is 11.4. The van der Waals surface area contributed by atoms with Gasteiger partial charge in [-0.25, -0.2) is 4.79 Å². The van der Waals surface area contributed by atoms with Crippen molar-refractivity contribution in [3.05, 3.63) is 65.5 Å². The number of nitrogens with zero attached hydrogens (tertiary/aromatic N) is 3. The van der Waals surface area contributed by atoms with Gasteiger partial charge in [0.1, 0.15) is 6.10 Å². The summed E-state index contributed by atoms with van der Waals surface area (Å²) in [5.41, 5.74) is 2.92. The number of carbonyl (C=O) groups excluding carboxylic acids is 1. The Morgan fingerprint density at radius 2 is 1.52 bits per heavy atom. The summed E-state index contributed by atoms with van der Waals surface area (Å²) in [6.45, 7) is 1.31. The molecule has 2 aromatic carbocycles. The predicted molar refractivity (Wildman–Crippen MR) is 208 cm³/mol. The lowest BCUT2D eigenvalue weighted by atomic mass is 10.0. The fourth-order valence-electron chi connectivity index (χ4n) is 6.54. The SMILES string of the molecule is COc1ccc(/C=C\c2cc(OC)c(OC)c(OC)c2)cc1OCCCCCCCCCCc1cn(CC[C@H](C[C@H](O)C[C@@H]2CC=CC(=O)O2)OC)nn1. The van der Waals surface area contributed by atoms with E-state index in [0.29, 0.717) is 61.8 Å². The minimum atomic E-state index is -0.600. The van der Waals surface area contributed by atoms with Gasteiger partial charge in [-0.2, -0.15) is 0 Å². The highest BCUT2D eigenvalue weighted by atomic mass is 16.5. The van der Waals surface area contributed by atoms with Crippen molar-refractivity contribution < 1.29 is 43.1 Å². The Hall–Kier alpha value is -4.55. The van der Waals surface area contributed by atoms with Crippen molar-refractivity contribution in [3.8, 4) is 28.7 Å². The van der Waals surface area contributed by atoms with Crippen molar-refractivity contribution >= 4 is 18.1 Å². The number of unbranched alkanes of at least 4 members (excludes halogenated alkanes) is 7. The van der Waals surface area contributed by atoms with Crippen LogP contribution in [0.3, 0.4) is 0 Å². The van der Waals surface area contributed by atoms with Gasteiger partial charge >= 0.3 is 5.97 Å². The molecule has 1 N–H and O–H groups in total. The van der Waals surface area contributed by atoms with Gasteiger partial charge in [0.2, 0.25) is 5.75 Å². The van der Waals surface area contributed by atoms with Crippen molar-refractivity contribution in [2.24, 2.45) is 0 Å². The van der Waals surface area contributed by atoms with E-state index >= 15 is 0 Å². The first-order chi connectivity index (χ1) is 26.3. The standard InChI is InChI=1S/C42H59N3O9/c1-48-35(28-34(46)29-36-16-14-17-41(47)54-36)22-23-45-30-33(43-44-45)15-12-10-8-6-7-9-11-13-24-53-38-25-31(20-21-37(38)49-2)18-19-32-26-39(50-3)42(52-5)40(27-32)51-4/h14,17-21,25-27,30,34-36,46H,6-13,15-16,22-24,28-29H2,1-5H3/b19-18-/t34-,35+,36-/m0/s1. The molecule has 4 rings (SSSR count). The minimum Gasteiger partial charge on any atom is -0.493 e. The molecular weight excluding hydrogens is 690 g/mol. The normalized spacial score (nSPS) is 15.2. The number of rotatable bonds is 26. The average molecular weight is 750 g/mol. The lowest BCUT2D eigenvalue weighted by Gasteiger charge is -2.24. The van der Waals surface area contributed by atoms with E-state index in [0.717, 1.165) is 48.3 Å². The van der Waals surface area contributed by atoms with Crippen molar-refractivity contribution in [2.75, 3.05) is 42.2 Å². The number of aliphatic hydroxyl groups excluding tert-OH is 1. The van der Waals surface area contributed by atoms with Crippen LogP contribution in [0.5, 0.6) is 28.7 Å². The molecule has 0 unspecified atom stereocenters. The van der Waals surface area contributed by atoms with E-state index in [9.17, 15) is 9.90 Å². The van der Waals surface area contributed by atoms with Gasteiger partial charge in [-0.05, 0) is 67.5 Å². The molecule has 0 saturated carbocycles. The molecule has 0 spiro atoms. The summed E-state index contributed by atoms with van der Waals surface area (Å²) < 4.78 is 40.8. The summed E-state index contributed by atoms with van der Waals surface area (Å²) in [7, 11) is 8.12. The number of aliphatic hydroxyl groups is 1. The molecule has 3 atom stereocenters. The number of esters is 1. The van der Waals surface area contributed by atoms with Gasteiger partial charge in [0.05, 0.1) is 52.9 Å². The Balaban J connectivity index is 1.06. The van der Waals surface area contributed by atoms with E-state index in [1.807, 2.05) is 53.4 Å². The van der Waals surface area contributed by atoms with Crippen LogP contribution < -0.4 is 23.7 Å². The molecule has 54 heavy (non-hydrogen) atoms. The molecule has 1 aliphatic heterocycles. The highest BCUT2D eigenvalue weighted by molar-refractivity contribution is 5.82. The lowest BCUT2D eigenvalue weighted by Crippen LogP contribution is -2.28. The first-order valence-corrected chi connectivity index (χ1v) is 19.1. The van der Waals surface area contributed by atoms with Crippen LogP contribution in [0.15, 0.2) is 48.7 Å². The van der Waals surface area contributed by atoms with Crippen LogP contribution in [0.25, 0.3) is 12.2 Å². The third-order valence-electron chi connectivity index (χ3n) is 9.53.